The third kappa shape index (κ3) is 5.87. The molecule has 0 bridgehead atoms. The Hall–Kier alpha value is -2.29. The van der Waals surface area contributed by atoms with Crippen molar-refractivity contribution in [3.63, 3.8) is 0 Å². The Morgan fingerprint density at radius 2 is 2.00 bits per heavy atom. The Labute approximate surface area is 184 Å². The van der Waals surface area contributed by atoms with Gasteiger partial charge in [-0.3, -0.25) is 4.99 Å². The number of aliphatic imine (C=N–C) groups is 1. The number of hydrogen-bond acceptors (Lipinski definition) is 6. The Bertz CT molecular complexity index is 797. The van der Waals surface area contributed by atoms with Crippen LogP contribution in [-0.2, 0) is 13.0 Å². The van der Waals surface area contributed by atoms with Crippen molar-refractivity contribution in [3.05, 3.63) is 30.2 Å². The van der Waals surface area contributed by atoms with Crippen LogP contribution in [-0.4, -0.2) is 76.6 Å². The molecular formula is C21H34N8S. The van der Waals surface area contributed by atoms with Gasteiger partial charge < -0.3 is 19.7 Å². The predicted molar refractivity (Wildman–Crippen MR) is 124 cm³/mol. The molecule has 164 valence electrons. The topological polar surface area (TPSA) is 74.5 Å². The van der Waals surface area contributed by atoms with Crippen molar-refractivity contribution in [2.75, 3.05) is 50.9 Å². The molecule has 1 saturated heterocycles. The third-order valence-electron chi connectivity index (χ3n) is 5.15. The van der Waals surface area contributed by atoms with Crippen LogP contribution in [0.25, 0.3) is 0 Å². The molecule has 8 nitrogen and oxygen atoms in total. The van der Waals surface area contributed by atoms with E-state index in [0.29, 0.717) is 5.92 Å². The van der Waals surface area contributed by atoms with Gasteiger partial charge in [0, 0.05) is 58.9 Å². The first-order valence-corrected chi connectivity index (χ1v) is 11.9. The molecule has 0 aliphatic carbocycles. The maximum atomic E-state index is 4.49. The average molecular weight is 431 g/mol. The van der Waals surface area contributed by atoms with Crippen molar-refractivity contribution in [2.24, 2.45) is 10.9 Å². The second-order valence-corrected chi connectivity index (χ2v) is 8.62. The van der Waals surface area contributed by atoms with E-state index in [1.54, 1.807) is 11.8 Å². The summed E-state index contributed by atoms with van der Waals surface area (Å²) in [5, 5.41) is 13.3. The number of hydrogen-bond donors (Lipinski definition) is 1. The second-order valence-electron chi connectivity index (χ2n) is 7.85. The summed E-state index contributed by atoms with van der Waals surface area (Å²) < 4.78 is 2.26. The van der Waals surface area contributed by atoms with E-state index in [4.69, 9.17) is 0 Å². The number of thioether (sulfide) groups is 1. The average Bonchev–Trinajstić information content (AvgIpc) is 3.15. The van der Waals surface area contributed by atoms with Gasteiger partial charge in [-0.15, -0.1) is 10.2 Å². The van der Waals surface area contributed by atoms with E-state index in [9.17, 15) is 0 Å². The van der Waals surface area contributed by atoms with Crippen LogP contribution < -0.4 is 10.2 Å². The Balaban J connectivity index is 1.45. The molecule has 0 unspecified atom stereocenters. The van der Waals surface area contributed by atoms with Crippen molar-refractivity contribution in [2.45, 2.75) is 38.4 Å². The number of pyridine rings is 1. The number of nitrogens with zero attached hydrogens (tertiary/aromatic N) is 7. The van der Waals surface area contributed by atoms with Crippen LogP contribution in [0.1, 0.15) is 26.1 Å². The molecule has 9 heteroatoms. The lowest BCUT2D eigenvalue weighted by molar-refractivity contribution is 0.371. The Morgan fingerprint density at radius 3 is 2.63 bits per heavy atom. The zero-order chi connectivity index (χ0) is 21.3. The van der Waals surface area contributed by atoms with Crippen LogP contribution in [0.5, 0.6) is 0 Å². The van der Waals surface area contributed by atoms with Crippen molar-refractivity contribution >= 4 is 23.5 Å². The van der Waals surface area contributed by atoms with Gasteiger partial charge >= 0.3 is 0 Å². The lowest BCUT2D eigenvalue weighted by atomic mass is 10.2. The van der Waals surface area contributed by atoms with E-state index in [1.807, 2.05) is 25.4 Å². The van der Waals surface area contributed by atoms with Gasteiger partial charge in [0.2, 0.25) is 0 Å². The molecule has 1 fully saturated rings. The minimum Gasteiger partial charge on any atom is -0.356 e. The summed E-state index contributed by atoms with van der Waals surface area (Å²) in [6.07, 6.45) is 5.82. The second kappa shape index (κ2) is 11.2. The number of piperazine rings is 1. The van der Waals surface area contributed by atoms with Crippen LogP contribution in [0, 0.1) is 5.92 Å². The largest absolute Gasteiger partial charge is 0.356 e. The number of guanidine groups is 1. The molecule has 0 spiro atoms. The third-order valence-corrected chi connectivity index (χ3v) is 5.82. The summed E-state index contributed by atoms with van der Waals surface area (Å²) in [5.41, 5.74) is 0. The lowest BCUT2D eigenvalue weighted by Gasteiger charge is -2.37. The van der Waals surface area contributed by atoms with Crippen LogP contribution >= 0.6 is 11.8 Å². The highest BCUT2D eigenvalue weighted by Crippen LogP contribution is 2.17. The molecular weight excluding hydrogens is 396 g/mol. The normalized spacial score (nSPS) is 15.2. The maximum absolute atomic E-state index is 4.49. The lowest BCUT2D eigenvalue weighted by Crippen LogP contribution is -2.52. The smallest absolute Gasteiger partial charge is 0.193 e. The molecule has 0 aromatic carbocycles. The molecule has 3 heterocycles. The first kappa shape index (κ1) is 22.4. The summed E-state index contributed by atoms with van der Waals surface area (Å²) in [7, 11) is 1.86. The van der Waals surface area contributed by atoms with Gasteiger partial charge in [0.15, 0.2) is 11.1 Å². The monoisotopic (exact) mass is 430 g/mol. The van der Waals surface area contributed by atoms with Gasteiger partial charge in [0.1, 0.15) is 11.6 Å². The van der Waals surface area contributed by atoms with Crippen molar-refractivity contribution in [1.82, 2.24) is 30.0 Å². The van der Waals surface area contributed by atoms with Gasteiger partial charge in [-0.1, -0.05) is 31.7 Å². The minimum atomic E-state index is 0.576. The number of anilines is 1. The van der Waals surface area contributed by atoms with Crippen LogP contribution in [0.3, 0.4) is 0 Å². The SMILES string of the molecule is CN=C(NCCCc1nnc(SC)n1CC(C)C)N1CCN(c2ccccn2)CC1. The number of aryl methyl sites for hydroxylation is 1. The van der Waals surface area contributed by atoms with E-state index < -0.39 is 0 Å². The molecule has 2 aromatic heterocycles. The predicted octanol–water partition coefficient (Wildman–Crippen LogP) is 2.38. The zero-order valence-corrected chi connectivity index (χ0v) is 19.4. The zero-order valence-electron chi connectivity index (χ0n) is 18.6. The molecule has 30 heavy (non-hydrogen) atoms. The molecule has 3 rings (SSSR count). The fourth-order valence-corrected chi connectivity index (χ4v) is 4.19. The Kier molecular flexibility index (Phi) is 8.36. The van der Waals surface area contributed by atoms with E-state index in [1.165, 1.54) is 0 Å². The molecule has 0 atom stereocenters. The molecule has 2 aromatic rings. The summed E-state index contributed by atoms with van der Waals surface area (Å²) in [5.74, 6) is 3.68. The van der Waals surface area contributed by atoms with Gasteiger partial charge in [0.25, 0.3) is 0 Å². The summed E-state index contributed by atoms with van der Waals surface area (Å²) >= 11 is 1.66. The number of aromatic nitrogens is 4. The van der Waals surface area contributed by atoms with Gasteiger partial charge in [0.05, 0.1) is 0 Å². The summed E-state index contributed by atoms with van der Waals surface area (Å²) in [6, 6.07) is 6.07. The summed E-state index contributed by atoms with van der Waals surface area (Å²) in [4.78, 5) is 13.6. The highest BCUT2D eigenvalue weighted by Gasteiger charge is 2.20. The van der Waals surface area contributed by atoms with Crippen molar-refractivity contribution < 1.29 is 0 Å². The molecule has 1 aliphatic rings. The maximum Gasteiger partial charge on any atom is 0.193 e. The van der Waals surface area contributed by atoms with Crippen LogP contribution in [0.4, 0.5) is 5.82 Å². The first-order valence-electron chi connectivity index (χ1n) is 10.7. The highest BCUT2D eigenvalue weighted by atomic mass is 32.2. The van der Waals surface area contributed by atoms with E-state index >= 15 is 0 Å². The first-order chi connectivity index (χ1) is 14.6. The molecule has 1 aliphatic heterocycles. The van der Waals surface area contributed by atoms with Gasteiger partial charge in [-0.2, -0.15) is 0 Å². The van der Waals surface area contributed by atoms with Crippen molar-refractivity contribution in [1.29, 1.82) is 0 Å². The minimum absolute atomic E-state index is 0.576. The van der Waals surface area contributed by atoms with Crippen molar-refractivity contribution in [3.8, 4) is 0 Å². The molecule has 1 N–H and O–H groups in total. The van der Waals surface area contributed by atoms with Gasteiger partial charge in [-0.25, -0.2) is 4.98 Å². The van der Waals surface area contributed by atoms with E-state index in [0.717, 1.165) is 74.9 Å². The highest BCUT2D eigenvalue weighted by molar-refractivity contribution is 7.98. The number of rotatable bonds is 8. The fourth-order valence-electron chi connectivity index (χ4n) is 3.67. The molecule has 0 radical (unpaired) electrons. The van der Waals surface area contributed by atoms with Crippen LogP contribution in [0.15, 0.2) is 34.5 Å². The fraction of sp³-hybridized carbons (Fsp3) is 0.619. The standard InChI is InChI=1S/C21H34N8S/c1-17(2)16-29-19(25-26-21(29)30-4)9-7-11-24-20(22-3)28-14-12-27(13-15-28)18-8-5-6-10-23-18/h5-6,8,10,17H,7,9,11-16H2,1-4H3,(H,22,24). The van der Waals surface area contributed by atoms with E-state index in [-0.39, 0.29) is 0 Å². The Morgan fingerprint density at radius 1 is 1.20 bits per heavy atom. The summed E-state index contributed by atoms with van der Waals surface area (Å²) in [6.45, 7) is 10.1. The molecule has 0 amide bonds. The van der Waals surface area contributed by atoms with E-state index in [2.05, 4.69) is 66.0 Å². The van der Waals surface area contributed by atoms with Crippen LogP contribution in [0.2, 0.25) is 0 Å². The molecule has 0 saturated carbocycles. The quantitative estimate of drug-likeness (QED) is 0.298. The van der Waals surface area contributed by atoms with Gasteiger partial charge in [-0.05, 0) is 30.7 Å². The number of nitrogens with one attached hydrogen (secondary N) is 1.